The molecule has 80 valence electrons. The molecule has 0 saturated carbocycles. The van der Waals surface area contributed by atoms with Gasteiger partial charge in [-0.1, -0.05) is 12.1 Å². The van der Waals surface area contributed by atoms with Crippen molar-refractivity contribution in [1.82, 2.24) is 0 Å². The summed E-state index contributed by atoms with van der Waals surface area (Å²) in [6, 6.07) is 5.97. The summed E-state index contributed by atoms with van der Waals surface area (Å²) >= 11 is 0. The van der Waals surface area contributed by atoms with Crippen molar-refractivity contribution < 1.29 is 19.0 Å². The fourth-order valence-electron chi connectivity index (χ4n) is 1.71. The van der Waals surface area contributed by atoms with Crippen molar-refractivity contribution in [1.29, 1.82) is 0 Å². The Balaban J connectivity index is 2.07. The number of carbonyl (C=O) groups is 1. The Kier molecular flexibility index (Phi) is 2.68. The van der Waals surface area contributed by atoms with Gasteiger partial charge in [-0.05, 0) is 24.1 Å². The number of hydrogen-bond donors (Lipinski definition) is 1. The van der Waals surface area contributed by atoms with E-state index in [0.717, 1.165) is 5.56 Å². The van der Waals surface area contributed by atoms with Gasteiger partial charge in [-0.15, -0.1) is 0 Å². The minimum atomic E-state index is -0.834. The highest BCUT2D eigenvalue weighted by molar-refractivity contribution is 5.70. The number of aliphatic carboxylic acids is 1. The van der Waals surface area contributed by atoms with Crippen LogP contribution in [0.2, 0.25) is 0 Å². The van der Waals surface area contributed by atoms with Crippen molar-refractivity contribution in [3.05, 3.63) is 35.6 Å². The Morgan fingerprint density at radius 1 is 1.40 bits per heavy atom. The smallest absolute Gasteiger partial charge is 0.308 e. The number of carboxylic acid groups (broad SMARTS) is 1. The van der Waals surface area contributed by atoms with Crippen molar-refractivity contribution in [2.24, 2.45) is 5.92 Å². The zero-order valence-corrected chi connectivity index (χ0v) is 8.02. The van der Waals surface area contributed by atoms with Gasteiger partial charge in [0.2, 0.25) is 0 Å². The average molecular weight is 210 g/mol. The van der Waals surface area contributed by atoms with Gasteiger partial charge in [0.1, 0.15) is 5.82 Å². The van der Waals surface area contributed by atoms with Crippen LogP contribution in [-0.4, -0.2) is 17.7 Å². The van der Waals surface area contributed by atoms with Gasteiger partial charge >= 0.3 is 5.97 Å². The molecule has 0 bridgehead atoms. The zero-order chi connectivity index (χ0) is 10.8. The van der Waals surface area contributed by atoms with Gasteiger partial charge in [0.05, 0.1) is 18.6 Å². The molecule has 1 saturated heterocycles. The Bertz CT molecular complexity index is 361. The lowest BCUT2D eigenvalue weighted by atomic mass is 10.0. The summed E-state index contributed by atoms with van der Waals surface area (Å²) in [7, 11) is 0. The SMILES string of the molecule is O=C(O)C1COC(c2ccc(F)cc2)C1. The molecule has 0 spiro atoms. The van der Waals surface area contributed by atoms with E-state index < -0.39 is 11.9 Å². The fourth-order valence-corrected chi connectivity index (χ4v) is 1.71. The third-order valence-electron chi connectivity index (χ3n) is 2.59. The first-order chi connectivity index (χ1) is 7.16. The number of halogens is 1. The second-order valence-corrected chi connectivity index (χ2v) is 3.64. The maximum Gasteiger partial charge on any atom is 0.308 e. The molecule has 0 amide bonds. The maximum atomic E-state index is 12.6. The second kappa shape index (κ2) is 3.98. The summed E-state index contributed by atoms with van der Waals surface area (Å²) in [6.07, 6.45) is 0.243. The molecule has 15 heavy (non-hydrogen) atoms. The number of carboxylic acids is 1. The van der Waals surface area contributed by atoms with Crippen LogP contribution in [0.15, 0.2) is 24.3 Å². The Hall–Kier alpha value is -1.42. The molecule has 1 fully saturated rings. The summed E-state index contributed by atoms with van der Waals surface area (Å²) in [4.78, 5) is 10.7. The first-order valence-corrected chi connectivity index (χ1v) is 4.76. The molecule has 0 radical (unpaired) electrons. The van der Waals surface area contributed by atoms with Gasteiger partial charge in [-0.25, -0.2) is 4.39 Å². The molecule has 1 heterocycles. The van der Waals surface area contributed by atoms with Crippen molar-refractivity contribution >= 4 is 5.97 Å². The van der Waals surface area contributed by atoms with E-state index in [4.69, 9.17) is 9.84 Å². The quantitative estimate of drug-likeness (QED) is 0.811. The molecule has 1 aliphatic rings. The molecule has 3 nitrogen and oxygen atoms in total. The normalized spacial score (nSPS) is 25.4. The fraction of sp³-hybridized carbons (Fsp3) is 0.364. The third kappa shape index (κ3) is 2.15. The van der Waals surface area contributed by atoms with Gasteiger partial charge in [-0.3, -0.25) is 4.79 Å². The lowest BCUT2D eigenvalue weighted by Gasteiger charge is -2.08. The van der Waals surface area contributed by atoms with E-state index in [0.29, 0.717) is 6.42 Å². The summed E-state index contributed by atoms with van der Waals surface area (Å²) in [6.45, 7) is 0.234. The zero-order valence-electron chi connectivity index (χ0n) is 8.02. The summed E-state index contributed by atoms with van der Waals surface area (Å²) in [5, 5.41) is 8.78. The van der Waals surface area contributed by atoms with Crippen molar-refractivity contribution in [3.8, 4) is 0 Å². The highest BCUT2D eigenvalue weighted by Gasteiger charge is 2.31. The molecule has 1 aliphatic heterocycles. The van der Waals surface area contributed by atoms with Crippen molar-refractivity contribution in [2.45, 2.75) is 12.5 Å². The highest BCUT2D eigenvalue weighted by atomic mass is 19.1. The first-order valence-electron chi connectivity index (χ1n) is 4.76. The number of hydrogen-bond acceptors (Lipinski definition) is 2. The van der Waals surface area contributed by atoms with E-state index in [-0.39, 0.29) is 18.5 Å². The first kappa shape index (κ1) is 10.1. The Labute approximate surface area is 86.5 Å². The van der Waals surface area contributed by atoms with Gasteiger partial charge < -0.3 is 9.84 Å². The number of rotatable bonds is 2. The number of ether oxygens (including phenoxy) is 1. The maximum absolute atomic E-state index is 12.6. The molecular formula is C11H11FO3. The largest absolute Gasteiger partial charge is 0.481 e. The van der Waals surface area contributed by atoms with Crippen LogP contribution in [0.25, 0.3) is 0 Å². The van der Waals surface area contributed by atoms with Crippen LogP contribution in [0.3, 0.4) is 0 Å². The van der Waals surface area contributed by atoms with Crippen LogP contribution in [0, 0.1) is 11.7 Å². The molecule has 1 aromatic carbocycles. The van der Waals surface area contributed by atoms with Crippen LogP contribution in [0.5, 0.6) is 0 Å². The van der Waals surface area contributed by atoms with E-state index in [9.17, 15) is 9.18 Å². The Morgan fingerprint density at radius 3 is 2.60 bits per heavy atom. The molecule has 2 rings (SSSR count). The van der Waals surface area contributed by atoms with Gasteiger partial charge in [0, 0.05) is 0 Å². The lowest BCUT2D eigenvalue weighted by molar-refractivity contribution is -0.141. The lowest BCUT2D eigenvalue weighted by Crippen LogP contribution is -2.12. The van der Waals surface area contributed by atoms with E-state index >= 15 is 0 Å². The molecule has 2 atom stereocenters. The predicted octanol–water partition coefficient (Wildman–Crippen LogP) is 1.99. The summed E-state index contributed by atoms with van der Waals surface area (Å²) < 4.78 is 18.0. The summed E-state index contributed by atoms with van der Waals surface area (Å²) in [5.74, 6) is -1.58. The summed E-state index contributed by atoms with van der Waals surface area (Å²) in [5.41, 5.74) is 0.833. The predicted molar refractivity (Wildman–Crippen MR) is 50.8 cm³/mol. The van der Waals surface area contributed by atoms with E-state index in [1.165, 1.54) is 12.1 Å². The van der Waals surface area contributed by atoms with Crippen LogP contribution < -0.4 is 0 Å². The monoisotopic (exact) mass is 210 g/mol. The highest BCUT2D eigenvalue weighted by Crippen LogP contribution is 2.32. The van der Waals surface area contributed by atoms with Gasteiger partial charge in [-0.2, -0.15) is 0 Å². The van der Waals surface area contributed by atoms with Crippen LogP contribution in [0.1, 0.15) is 18.1 Å². The second-order valence-electron chi connectivity index (χ2n) is 3.64. The third-order valence-corrected chi connectivity index (χ3v) is 2.59. The van der Waals surface area contributed by atoms with Crippen LogP contribution in [0.4, 0.5) is 4.39 Å². The van der Waals surface area contributed by atoms with Crippen LogP contribution >= 0.6 is 0 Å². The molecule has 2 unspecified atom stereocenters. The average Bonchev–Trinajstić information content (AvgIpc) is 2.68. The topological polar surface area (TPSA) is 46.5 Å². The standard InChI is InChI=1S/C11H11FO3/c12-9-3-1-7(2-4-9)10-5-8(6-15-10)11(13)14/h1-4,8,10H,5-6H2,(H,13,14). The number of benzene rings is 1. The van der Waals surface area contributed by atoms with Gasteiger partial charge in [0.25, 0.3) is 0 Å². The van der Waals surface area contributed by atoms with Crippen molar-refractivity contribution in [2.75, 3.05) is 6.61 Å². The van der Waals surface area contributed by atoms with E-state index in [2.05, 4.69) is 0 Å². The molecular weight excluding hydrogens is 199 g/mol. The van der Waals surface area contributed by atoms with E-state index in [1.807, 2.05) is 0 Å². The minimum Gasteiger partial charge on any atom is -0.481 e. The molecule has 0 aromatic heterocycles. The molecule has 0 aliphatic carbocycles. The molecule has 1 aromatic rings. The van der Waals surface area contributed by atoms with E-state index in [1.54, 1.807) is 12.1 Å². The molecule has 1 N–H and O–H groups in total. The molecule has 4 heteroatoms. The van der Waals surface area contributed by atoms with Gasteiger partial charge in [0.15, 0.2) is 0 Å². The minimum absolute atomic E-state index is 0.216. The Morgan fingerprint density at radius 2 is 2.07 bits per heavy atom. The van der Waals surface area contributed by atoms with Crippen LogP contribution in [-0.2, 0) is 9.53 Å². The van der Waals surface area contributed by atoms with Crippen molar-refractivity contribution in [3.63, 3.8) is 0 Å².